The summed E-state index contributed by atoms with van der Waals surface area (Å²) in [6.45, 7) is 0.821. The maximum absolute atomic E-state index is 14.0. The van der Waals surface area contributed by atoms with Gasteiger partial charge in [-0.15, -0.1) is 0 Å². The molecule has 0 amide bonds. The first-order valence-electron chi connectivity index (χ1n) is 12.3. The summed E-state index contributed by atoms with van der Waals surface area (Å²) >= 11 is 0. The Hall–Kier alpha value is -3.23. The fourth-order valence-corrected chi connectivity index (χ4v) is 6.00. The molecule has 3 aliphatic heterocycles. The van der Waals surface area contributed by atoms with Crippen molar-refractivity contribution in [3.8, 4) is 0 Å². The molecule has 5 atom stereocenters. The molecule has 2 bridgehead atoms. The molecular weight excluding hydrogens is 486 g/mol. The molecule has 37 heavy (non-hydrogen) atoms. The van der Waals surface area contributed by atoms with Crippen molar-refractivity contribution in [2.75, 3.05) is 13.1 Å². The molecule has 5 unspecified atom stereocenters. The predicted molar refractivity (Wildman–Crippen MR) is 129 cm³/mol. The Morgan fingerprint density at radius 1 is 1.00 bits per heavy atom. The van der Waals surface area contributed by atoms with Crippen LogP contribution in [0.4, 0.5) is 17.6 Å². The number of aliphatic carboxylic acids is 1. The van der Waals surface area contributed by atoms with Gasteiger partial charge in [-0.3, -0.25) is 9.69 Å². The summed E-state index contributed by atoms with van der Waals surface area (Å²) in [6.07, 6.45) is -4.66. The molecule has 8 heteroatoms. The third kappa shape index (κ3) is 5.26. The Bertz CT molecular complexity index is 1200. The molecule has 0 radical (unpaired) electrons. The number of halogens is 4. The van der Waals surface area contributed by atoms with Crippen molar-refractivity contribution in [2.24, 2.45) is 11.8 Å². The summed E-state index contributed by atoms with van der Waals surface area (Å²) in [5, 5.41) is 9.93. The number of carbonyl (C=O) groups is 1. The third-order valence-electron chi connectivity index (χ3n) is 7.58. The number of hydrogen-bond donors (Lipinski definition) is 1. The minimum atomic E-state index is -4.69. The summed E-state index contributed by atoms with van der Waals surface area (Å²) in [4.78, 5) is 14.3. The van der Waals surface area contributed by atoms with Crippen molar-refractivity contribution in [3.05, 3.63) is 107 Å². The number of rotatable bonds is 7. The predicted octanol–water partition coefficient (Wildman–Crippen LogP) is 5.97. The Morgan fingerprint density at radius 3 is 2.19 bits per heavy atom. The first-order valence-corrected chi connectivity index (χ1v) is 12.3. The number of piperidine rings is 3. The van der Waals surface area contributed by atoms with Crippen molar-refractivity contribution in [1.29, 1.82) is 0 Å². The topological polar surface area (TPSA) is 49.8 Å². The van der Waals surface area contributed by atoms with Gasteiger partial charge in [-0.2, -0.15) is 13.2 Å². The highest BCUT2D eigenvalue weighted by Gasteiger charge is 2.53. The second-order valence-electron chi connectivity index (χ2n) is 9.80. The van der Waals surface area contributed by atoms with E-state index in [1.807, 2.05) is 60.7 Å². The molecule has 194 valence electrons. The Labute approximate surface area is 212 Å². The largest absolute Gasteiger partial charge is 0.481 e. The summed E-state index contributed by atoms with van der Waals surface area (Å²) < 4.78 is 60.2. The van der Waals surface area contributed by atoms with Gasteiger partial charge in [-0.1, -0.05) is 60.7 Å². The number of carboxylic acid groups (broad SMARTS) is 1. The molecule has 6 rings (SSSR count). The SMILES string of the molecule is O=C(O)C1CN2CCC1C(OCc1cc(F)cc(C(F)(F)F)c1)C2C(c1ccccc1)c1ccccc1. The highest BCUT2D eigenvalue weighted by atomic mass is 19.4. The smallest absolute Gasteiger partial charge is 0.416 e. The van der Waals surface area contributed by atoms with E-state index in [0.29, 0.717) is 25.6 Å². The van der Waals surface area contributed by atoms with Crippen molar-refractivity contribution in [3.63, 3.8) is 0 Å². The van der Waals surface area contributed by atoms with Crippen LogP contribution in [-0.4, -0.2) is 41.2 Å². The van der Waals surface area contributed by atoms with E-state index in [9.17, 15) is 27.5 Å². The molecule has 0 spiro atoms. The molecule has 3 aromatic rings. The summed E-state index contributed by atoms with van der Waals surface area (Å²) in [6, 6.07) is 21.9. The van der Waals surface area contributed by atoms with E-state index in [1.54, 1.807) is 0 Å². The molecule has 0 aromatic heterocycles. The first kappa shape index (κ1) is 25.4. The lowest BCUT2D eigenvalue weighted by atomic mass is 9.68. The van der Waals surface area contributed by atoms with E-state index in [0.717, 1.165) is 23.3 Å². The summed E-state index contributed by atoms with van der Waals surface area (Å²) in [5.74, 6) is -3.03. The summed E-state index contributed by atoms with van der Waals surface area (Å²) in [5.41, 5.74) is 1.06. The number of fused-ring (bicyclic) bond motifs is 3. The monoisotopic (exact) mass is 513 g/mol. The second-order valence-corrected chi connectivity index (χ2v) is 9.80. The normalized spacial score (nSPS) is 25.4. The van der Waals surface area contributed by atoms with Crippen LogP contribution >= 0.6 is 0 Å². The van der Waals surface area contributed by atoms with Gasteiger partial charge in [0, 0.05) is 24.4 Å². The average Bonchev–Trinajstić information content (AvgIpc) is 2.89. The van der Waals surface area contributed by atoms with Crippen molar-refractivity contribution >= 4 is 5.97 Å². The van der Waals surface area contributed by atoms with Crippen LogP contribution in [0.1, 0.15) is 34.6 Å². The summed E-state index contributed by atoms with van der Waals surface area (Å²) in [7, 11) is 0. The van der Waals surface area contributed by atoms with Crippen LogP contribution in [0.15, 0.2) is 78.9 Å². The van der Waals surface area contributed by atoms with Gasteiger partial charge in [0.1, 0.15) is 5.82 Å². The van der Waals surface area contributed by atoms with E-state index < -0.39 is 35.5 Å². The van der Waals surface area contributed by atoms with E-state index >= 15 is 0 Å². The van der Waals surface area contributed by atoms with E-state index in [2.05, 4.69) is 4.90 Å². The molecule has 3 heterocycles. The minimum Gasteiger partial charge on any atom is -0.481 e. The number of hydrogen-bond acceptors (Lipinski definition) is 3. The fourth-order valence-electron chi connectivity index (χ4n) is 6.00. The molecule has 4 nitrogen and oxygen atoms in total. The van der Waals surface area contributed by atoms with Gasteiger partial charge >= 0.3 is 12.1 Å². The van der Waals surface area contributed by atoms with E-state index in [-0.39, 0.29) is 30.0 Å². The number of benzene rings is 3. The van der Waals surface area contributed by atoms with Crippen LogP contribution in [0.3, 0.4) is 0 Å². The molecule has 3 saturated heterocycles. The first-order chi connectivity index (χ1) is 17.7. The number of alkyl halides is 3. The van der Waals surface area contributed by atoms with Crippen LogP contribution in [0.5, 0.6) is 0 Å². The molecule has 3 aliphatic rings. The molecule has 3 aromatic carbocycles. The van der Waals surface area contributed by atoms with Crippen LogP contribution in [0.25, 0.3) is 0 Å². The average molecular weight is 514 g/mol. The third-order valence-corrected chi connectivity index (χ3v) is 7.58. The number of ether oxygens (including phenoxy) is 1. The van der Waals surface area contributed by atoms with Crippen LogP contribution in [0, 0.1) is 17.7 Å². The van der Waals surface area contributed by atoms with Gasteiger partial charge in [0.2, 0.25) is 0 Å². The minimum absolute atomic E-state index is 0.0605. The van der Waals surface area contributed by atoms with Gasteiger partial charge in [-0.25, -0.2) is 4.39 Å². The van der Waals surface area contributed by atoms with Gasteiger partial charge in [0.05, 0.1) is 24.2 Å². The lowest BCUT2D eigenvalue weighted by Crippen LogP contribution is -2.65. The van der Waals surface area contributed by atoms with Gasteiger partial charge < -0.3 is 9.84 Å². The maximum Gasteiger partial charge on any atom is 0.416 e. The van der Waals surface area contributed by atoms with Crippen LogP contribution in [-0.2, 0) is 22.3 Å². The Balaban J connectivity index is 1.53. The van der Waals surface area contributed by atoms with Crippen molar-refractivity contribution in [2.45, 2.75) is 37.3 Å². The molecule has 0 saturated carbocycles. The van der Waals surface area contributed by atoms with E-state index in [4.69, 9.17) is 4.74 Å². The quantitative estimate of drug-likeness (QED) is 0.396. The maximum atomic E-state index is 14.0. The van der Waals surface area contributed by atoms with E-state index in [1.165, 1.54) is 0 Å². The Morgan fingerprint density at radius 2 is 1.62 bits per heavy atom. The zero-order chi connectivity index (χ0) is 26.2. The van der Waals surface area contributed by atoms with Gasteiger partial charge in [-0.05, 0) is 47.9 Å². The molecule has 0 aliphatic carbocycles. The Kier molecular flexibility index (Phi) is 7.05. The molecular formula is C29H27F4NO3. The number of nitrogens with zero attached hydrogens (tertiary/aromatic N) is 1. The zero-order valence-corrected chi connectivity index (χ0v) is 19.9. The standard InChI is InChI=1S/C29H27F4NO3/c30-22-14-18(13-21(15-22)29(31,32)33)17-37-27-23-11-12-34(16-24(23)28(35)36)26(27)25(19-7-3-1-4-8-19)20-9-5-2-6-10-20/h1-10,13-15,23-27H,11-12,16-17H2,(H,35,36). The van der Waals surface area contributed by atoms with Crippen molar-refractivity contribution in [1.82, 2.24) is 4.90 Å². The molecule has 3 fully saturated rings. The van der Waals surface area contributed by atoms with Gasteiger partial charge in [0.15, 0.2) is 0 Å². The lowest BCUT2D eigenvalue weighted by molar-refractivity contribution is -0.172. The molecule has 1 N–H and O–H groups in total. The highest BCUT2D eigenvalue weighted by Crippen LogP contribution is 2.46. The highest BCUT2D eigenvalue weighted by molar-refractivity contribution is 5.71. The number of carboxylic acids is 1. The lowest BCUT2D eigenvalue weighted by Gasteiger charge is -2.55. The van der Waals surface area contributed by atoms with Crippen molar-refractivity contribution < 1.29 is 32.2 Å². The fraction of sp³-hybridized carbons (Fsp3) is 0.345. The zero-order valence-electron chi connectivity index (χ0n) is 19.9. The van der Waals surface area contributed by atoms with Crippen LogP contribution < -0.4 is 0 Å². The van der Waals surface area contributed by atoms with Crippen LogP contribution in [0.2, 0.25) is 0 Å². The second kappa shape index (κ2) is 10.3. The van der Waals surface area contributed by atoms with Gasteiger partial charge in [0.25, 0.3) is 0 Å².